The van der Waals surface area contributed by atoms with Crippen LogP contribution in [0.3, 0.4) is 0 Å². The first-order valence-corrected chi connectivity index (χ1v) is 9.29. The topological polar surface area (TPSA) is 155 Å². The summed E-state index contributed by atoms with van der Waals surface area (Å²) in [6.07, 6.45) is 0.877. The summed E-state index contributed by atoms with van der Waals surface area (Å²) in [6.45, 7) is 15.5. The summed E-state index contributed by atoms with van der Waals surface area (Å²) >= 11 is 0. The number of aliphatic carboxylic acids is 2. The molecule has 0 spiro atoms. The molecule has 0 aliphatic carbocycles. The van der Waals surface area contributed by atoms with E-state index in [0.717, 1.165) is 0 Å². The van der Waals surface area contributed by atoms with E-state index in [-0.39, 0.29) is 45.5 Å². The number of hydrogen-bond acceptors (Lipinski definition) is 8. The Balaban J connectivity index is -0.0000000619. The van der Waals surface area contributed by atoms with Crippen molar-refractivity contribution in [3.63, 3.8) is 0 Å². The molecule has 0 saturated carbocycles. The normalized spacial score (nSPS) is 8.28. The molecule has 0 fully saturated rings. The number of aliphatic hydroxyl groups excluding tert-OH is 2. The Labute approximate surface area is 191 Å². The molecule has 9 heteroatoms. The first-order chi connectivity index (χ1) is 12.8. The minimum atomic E-state index is -1.28. The Bertz CT molecular complexity index is 341. The average molecular weight is 455 g/mol. The number of aliphatic hydroxyl groups is 2. The number of carboxylic acids is 2. The van der Waals surface area contributed by atoms with Crippen molar-refractivity contribution in [2.24, 2.45) is 0 Å². The molecule has 0 bridgehead atoms. The number of carbonyl (C=O) groups excluding carboxylic acids is 4. The molecule has 171 valence electrons. The summed E-state index contributed by atoms with van der Waals surface area (Å²) in [4.78, 5) is 40.4. The van der Waals surface area contributed by atoms with Crippen molar-refractivity contribution in [3.05, 3.63) is 6.92 Å². The summed E-state index contributed by atoms with van der Waals surface area (Å²) in [7, 11) is 0. The molecule has 2 N–H and O–H groups in total. The van der Waals surface area contributed by atoms with Gasteiger partial charge in [0.05, 0.1) is 0 Å². The quantitative estimate of drug-likeness (QED) is 0.306. The number of carboxylic acid groups (broad SMARTS) is 2. The van der Waals surface area contributed by atoms with Gasteiger partial charge in [0.2, 0.25) is 0 Å². The second-order valence-electron chi connectivity index (χ2n) is 5.86. The fourth-order valence-corrected chi connectivity index (χ4v) is 1.06. The van der Waals surface area contributed by atoms with Crippen LogP contribution in [0.4, 0.5) is 0 Å². The summed E-state index contributed by atoms with van der Waals surface area (Å²) in [5.74, 6) is -3.07. The Hall–Kier alpha value is -1.09. The maximum Gasteiger partial charge on any atom is 3.00 e. The molecule has 8 nitrogen and oxygen atoms in total. The van der Waals surface area contributed by atoms with Crippen molar-refractivity contribution in [1.29, 1.82) is 0 Å². The second kappa shape index (κ2) is 34.4. The molecule has 0 saturated heterocycles. The van der Waals surface area contributed by atoms with Crippen molar-refractivity contribution >= 4 is 23.5 Å². The fraction of sp³-hybridized carbons (Fsp3) is 0.750. The van der Waals surface area contributed by atoms with Crippen LogP contribution in [0, 0.1) is 6.92 Å². The van der Waals surface area contributed by atoms with Crippen molar-refractivity contribution in [2.75, 3.05) is 0 Å². The predicted molar refractivity (Wildman–Crippen MR) is 105 cm³/mol. The van der Waals surface area contributed by atoms with Gasteiger partial charge in [0, 0.05) is 49.8 Å². The van der Waals surface area contributed by atoms with Crippen LogP contribution in [-0.4, -0.2) is 45.9 Å². The van der Waals surface area contributed by atoms with Gasteiger partial charge < -0.3 is 36.9 Å². The second-order valence-corrected chi connectivity index (χ2v) is 5.86. The third-order valence-corrected chi connectivity index (χ3v) is 1.74. The third kappa shape index (κ3) is 100. The van der Waals surface area contributed by atoms with E-state index in [2.05, 4.69) is 6.92 Å². The molecule has 1 radical (unpaired) electrons. The van der Waals surface area contributed by atoms with E-state index in [1.807, 2.05) is 13.8 Å². The molecule has 0 aromatic carbocycles. The van der Waals surface area contributed by atoms with Crippen LogP contribution >= 0.6 is 0 Å². The predicted octanol–water partition coefficient (Wildman–Crippen LogP) is 0.603. The number of Topliss-reactive ketones (excluding diaryl/α,β-unsaturated/α-hetero) is 2. The maximum atomic E-state index is 10.4. The molecule has 0 heterocycles. The number of carbonyl (C=O) groups is 4. The van der Waals surface area contributed by atoms with Crippen LogP contribution < -0.4 is 10.2 Å². The van der Waals surface area contributed by atoms with Crippen molar-refractivity contribution in [1.82, 2.24) is 0 Å². The van der Waals surface area contributed by atoms with Gasteiger partial charge in [0.1, 0.15) is 11.6 Å². The largest absolute Gasteiger partial charge is 3.00 e. The van der Waals surface area contributed by atoms with Crippen molar-refractivity contribution in [3.8, 4) is 0 Å². The summed E-state index contributed by atoms with van der Waals surface area (Å²) in [5.41, 5.74) is 0. The number of ketones is 2. The number of hydrogen-bond donors (Lipinski definition) is 2. The SMILES string of the molecule is CC(C)O.CC(C)O.CCCC(=O)CC(=O)[O-].CCCC(=O)CC(=O)[O-].[CH2-]C.[Ti+3]. The Morgan fingerprint density at radius 3 is 1.00 bits per heavy atom. The Morgan fingerprint density at radius 1 is 0.724 bits per heavy atom. The van der Waals surface area contributed by atoms with E-state index >= 15 is 0 Å². The van der Waals surface area contributed by atoms with Gasteiger partial charge in [-0.15, -0.1) is 0 Å². The van der Waals surface area contributed by atoms with Gasteiger partial charge in [-0.2, -0.15) is 6.92 Å². The van der Waals surface area contributed by atoms with Gasteiger partial charge >= 0.3 is 21.7 Å². The van der Waals surface area contributed by atoms with E-state index in [4.69, 9.17) is 10.2 Å². The van der Waals surface area contributed by atoms with Gasteiger partial charge in [0.15, 0.2) is 0 Å². The van der Waals surface area contributed by atoms with Crippen molar-refractivity contribution in [2.45, 2.75) is 99.2 Å². The molecule has 29 heavy (non-hydrogen) atoms. The van der Waals surface area contributed by atoms with Gasteiger partial charge in [-0.25, -0.2) is 0 Å². The van der Waals surface area contributed by atoms with E-state index < -0.39 is 24.8 Å². The zero-order valence-corrected chi connectivity index (χ0v) is 20.5. The average Bonchev–Trinajstić information content (AvgIpc) is 2.47. The first kappa shape index (κ1) is 42.1. The zero-order chi connectivity index (χ0) is 23.7. The summed E-state index contributed by atoms with van der Waals surface area (Å²) < 4.78 is 0. The van der Waals surface area contributed by atoms with Crippen LogP contribution in [0.2, 0.25) is 0 Å². The molecule has 0 aliphatic heterocycles. The van der Waals surface area contributed by atoms with Crippen LogP contribution in [0.25, 0.3) is 0 Å². The van der Waals surface area contributed by atoms with Gasteiger partial charge in [0.25, 0.3) is 0 Å². The van der Waals surface area contributed by atoms with Crippen LogP contribution in [0.15, 0.2) is 0 Å². The van der Waals surface area contributed by atoms with Crippen LogP contribution in [0.5, 0.6) is 0 Å². The van der Waals surface area contributed by atoms with Gasteiger partial charge in [-0.1, -0.05) is 13.8 Å². The van der Waals surface area contributed by atoms with Gasteiger partial charge in [-0.05, 0) is 40.5 Å². The number of rotatable bonds is 8. The first-order valence-electron chi connectivity index (χ1n) is 9.29. The molecule has 0 aliphatic rings. The van der Waals surface area contributed by atoms with Crippen LogP contribution in [-0.2, 0) is 40.9 Å². The van der Waals surface area contributed by atoms with Crippen LogP contribution in [0.1, 0.15) is 87.0 Å². The third-order valence-electron chi connectivity index (χ3n) is 1.74. The van der Waals surface area contributed by atoms with E-state index in [9.17, 15) is 29.4 Å². The maximum absolute atomic E-state index is 10.4. The standard InChI is InChI=1S/2C6H10O3.2C3H8O.C2H5.Ti/c2*1-2-3-5(7)4-6(8)9;2*1-3(2)4;1-2;/h2*2-4H2,1H3,(H,8,9);2*3-4H,1-2H3;1H2,2H3;/q;;;;-1;+3/p-2. The minimum Gasteiger partial charge on any atom is -0.550 e. The monoisotopic (exact) mass is 455 g/mol. The zero-order valence-electron chi connectivity index (χ0n) is 18.9. The summed E-state index contributed by atoms with van der Waals surface area (Å²) in [6, 6.07) is 0. The Morgan fingerprint density at radius 2 is 0.897 bits per heavy atom. The van der Waals surface area contributed by atoms with E-state index in [1.165, 1.54) is 0 Å². The smallest absolute Gasteiger partial charge is 0.550 e. The molecule has 0 atom stereocenters. The molecule has 0 unspecified atom stereocenters. The molecular weight excluding hydrogens is 416 g/mol. The molecule has 0 aromatic rings. The van der Waals surface area contributed by atoms with E-state index in [1.54, 1.807) is 34.6 Å². The minimum absolute atomic E-state index is 0. The van der Waals surface area contributed by atoms with E-state index in [0.29, 0.717) is 25.7 Å². The van der Waals surface area contributed by atoms with Crippen molar-refractivity contribution < 1.29 is 61.3 Å². The Kier molecular flexibility index (Phi) is 50.0. The molecule has 0 rings (SSSR count). The summed E-state index contributed by atoms with van der Waals surface area (Å²) in [5, 5.41) is 35.6. The molecular formula is C20H39O8Ti. The van der Waals surface area contributed by atoms with Gasteiger partial charge in [-0.3, -0.25) is 9.59 Å². The fourth-order valence-electron chi connectivity index (χ4n) is 1.06. The molecule has 0 amide bonds. The molecule has 0 aromatic heterocycles.